The summed E-state index contributed by atoms with van der Waals surface area (Å²) in [6, 6.07) is 12.3. The minimum Gasteiger partial charge on any atom is -0.448 e. The van der Waals surface area contributed by atoms with Gasteiger partial charge in [-0.25, -0.2) is 4.68 Å². The number of fused-ring (bicyclic) bond motifs is 2. The molecule has 0 radical (unpaired) electrons. The number of hydrogen-bond donors (Lipinski definition) is 1. The lowest BCUT2D eigenvalue weighted by Crippen LogP contribution is -2.34. The predicted molar refractivity (Wildman–Crippen MR) is 113 cm³/mol. The molecule has 2 heterocycles. The fraction of sp³-hybridized carbons (Fsp3) is 0.348. The van der Waals surface area contributed by atoms with Crippen LogP contribution in [0.4, 0.5) is 5.69 Å². The van der Waals surface area contributed by atoms with Crippen LogP contribution in [0.5, 0.6) is 11.5 Å². The summed E-state index contributed by atoms with van der Waals surface area (Å²) < 4.78 is 13.5. The van der Waals surface area contributed by atoms with Gasteiger partial charge in [0.15, 0.2) is 17.2 Å². The Balaban J connectivity index is 1.48. The minimum absolute atomic E-state index is 0.165. The number of rotatable bonds is 3. The van der Waals surface area contributed by atoms with Crippen molar-refractivity contribution in [3.05, 3.63) is 58.5 Å². The van der Waals surface area contributed by atoms with Crippen molar-refractivity contribution in [1.29, 1.82) is 0 Å². The largest absolute Gasteiger partial charge is 0.448 e. The van der Waals surface area contributed by atoms with E-state index in [2.05, 4.69) is 10.4 Å². The van der Waals surface area contributed by atoms with Crippen molar-refractivity contribution in [3.63, 3.8) is 0 Å². The molecule has 1 saturated carbocycles. The van der Waals surface area contributed by atoms with Gasteiger partial charge in [-0.1, -0.05) is 18.2 Å². The summed E-state index contributed by atoms with van der Waals surface area (Å²) in [6.07, 6.45) is 3.91. The van der Waals surface area contributed by atoms with Crippen LogP contribution in [-0.4, -0.2) is 21.5 Å². The highest BCUT2D eigenvalue weighted by atomic mass is 16.7. The Labute approximate surface area is 173 Å². The van der Waals surface area contributed by atoms with E-state index in [1.54, 1.807) is 36.4 Å². The van der Waals surface area contributed by atoms with Gasteiger partial charge in [0.05, 0.1) is 11.4 Å². The molecular formula is C23H23N3O4. The maximum absolute atomic E-state index is 13.1. The lowest BCUT2D eigenvalue weighted by molar-refractivity contribution is -0.0716. The number of nitrogens with one attached hydrogen (secondary N) is 1. The molecule has 154 valence electrons. The van der Waals surface area contributed by atoms with E-state index >= 15 is 0 Å². The molecule has 0 unspecified atom stereocenters. The molecule has 1 spiro atoms. The highest BCUT2D eigenvalue weighted by Crippen LogP contribution is 2.47. The molecule has 3 aromatic rings. The molecule has 2 aliphatic rings. The van der Waals surface area contributed by atoms with Crippen LogP contribution in [0.25, 0.3) is 10.8 Å². The summed E-state index contributed by atoms with van der Waals surface area (Å²) in [5.74, 6) is 0.414. The second-order valence-electron chi connectivity index (χ2n) is 8.18. The maximum atomic E-state index is 13.1. The highest BCUT2D eigenvalue weighted by Gasteiger charge is 2.44. The minimum atomic E-state index is -0.546. The van der Waals surface area contributed by atoms with E-state index < -0.39 is 5.79 Å². The van der Waals surface area contributed by atoms with Crippen LogP contribution < -0.4 is 20.3 Å². The molecule has 1 N–H and O–H groups in total. The van der Waals surface area contributed by atoms with Crippen molar-refractivity contribution >= 4 is 22.4 Å². The van der Waals surface area contributed by atoms with Crippen molar-refractivity contribution in [2.75, 3.05) is 5.32 Å². The maximum Gasteiger partial charge on any atom is 0.276 e. The van der Waals surface area contributed by atoms with Crippen molar-refractivity contribution in [1.82, 2.24) is 9.78 Å². The summed E-state index contributed by atoms with van der Waals surface area (Å²) in [4.78, 5) is 25.8. The third kappa shape index (κ3) is 3.01. The van der Waals surface area contributed by atoms with E-state index in [1.165, 1.54) is 4.68 Å². The quantitative estimate of drug-likeness (QED) is 0.704. The van der Waals surface area contributed by atoms with Gasteiger partial charge in [-0.3, -0.25) is 9.59 Å². The number of carbonyl (C=O) groups is 1. The molecule has 1 amide bonds. The standard InChI is InChI=1S/C23H23N3O4/c1-14(2)26-22(28)17-8-4-3-7-16(17)20(25-26)21(27)24-15-9-10-18-19(13-15)30-23(29-18)11-5-6-12-23/h3-4,7-10,13-14H,5-6,11-12H2,1-2H3,(H,24,27). The molecule has 7 nitrogen and oxygen atoms in total. The van der Waals surface area contributed by atoms with Gasteiger partial charge in [0.2, 0.25) is 0 Å². The van der Waals surface area contributed by atoms with Crippen LogP contribution in [0.3, 0.4) is 0 Å². The van der Waals surface area contributed by atoms with Gasteiger partial charge in [-0.05, 0) is 44.9 Å². The van der Waals surface area contributed by atoms with Crippen LogP contribution in [0.1, 0.15) is 56.1 Å². The molecule has 5 rings (SSSR count). The van der Waals surface area contributed by atoms with E-state index in [-0.39, 0.29) is 23.2 Å². The van der Waals surface area contributed by atoms with Gasteiger partial charge in [0.25, 0.3) is 17.3 Å². The molecule has 1 fully saturated rings. The molecule has 1 aromatic heterocycles. The van der Waals surface area contributed by atoms with E-state index in [1.807, 2.05) is 19.9 Å². The summed E-state index contributed by atoms with van der Waals surface area (Å²) >= 11 is 0. The van der Waals surface area contributed by atoms with Crippen molar-refractivity contribution in [2.45, 2.75) is 51.4 Å². The van der Waals surface area contributed by atoms with Crippen LogP contribution >= 0.6 is 0 Å². The number of anilines is 1. The Morgan fingerprint density at radius 2 is 1.77 bits per heavy atom. The van der Waals surface area contributed by atoms with Crippen LogP contribution in [0, 0.1) is 0 Å². The Morgan fingerprint density at radius 1 is 1.07 bits per heavy atom. The topological polar surface area (TPSA) is 82.5 Å². The molecule has 0 atom stereocenters. The molecule has 0 bridgehead atoms. The highest BCUT2D eigenvalue weighted by molar-refractivity contribution is 6.11. The number of aromatic nitrogens is 2. The smallest absolute Gasteiger partial charge is 0.276 e. The Bertz CT molecular complexity index is 1210. The van der Waals surface area contributed by atoms with Crippen molar-refractivity contribution in [2.24, 2.45) is 0 Å². The lowest BCUT2D eigenvalue weighted by Gasteiger charge is -2.21. The zero-order valence-corrected chi connectivity index (χ0v) is 17.0. The number of nitrogens with zero attached hydrogens (tertiary/aromatic N) is 2. The Morgan fingerprint density at radius 3 is 2.50 bits per heavy atom. The second kappa shape index (κ2) is 6.86. The SMILES string of the molecule is CC(C)n1nc(C(=O)Nc2ccc3c(c2)OC2(CCCC2)O3)c2ccccc2c1=O. The van der Waals surface area contributed by atoms with Crippen LogP contribution in [0.2, 0.25) is 0 Å². The van der Waals surface area contributed by atoms with Crippen molar-refractivity contribution < 1.29 is 14.3 Å². The Kier molecular flexibility index (Phi) is 4.27. The first-order valence-corrected chi connectivity index (χ1v) is 10.3. The summed E-state index contributed by atoms with van der Waals surface area (Å²) in [5, 5.41) is 8.26. The third-order valence-corrected chi connectivity index (χ3v) is 5.69. The zero-order chi connectivity index (χ0) is 20.9. The molecule has 2 aromatic carbocycles. The molecule has 0 saturated heterocycles. The first-order chi connectivity index (χ1) is 14.5. The first kappa shape index (κ1) is 18.7. The number of benzene rings is 2. The zero-order valence-electron chi connectivity index (χ0n) is 17.0. The van der Waals surface area contributed by atoms with E-state index in [0.29, 0.717) is 28.0 Å². The van der Waals surface area contributed by atoms with E-state index in [9.17, 15) is 9.59 Å². The predicted octanol–water partition coefficient (Wildman–Crippen LogP) is 4.27. The summed E-state index contributed by atoms with van der Waals surface area (Å²) in [7, 11) is 0. The number of amides is 1. The normalized spacial score (nSPS) is 16.5. The molecular weight excluding hydrogens is 382 g/mol. The molecule has 1 aliphatic carbocycles. The van der Waals surface area contributed by atoms with Gasteiger partial charge in [-0.15, -0.1) is 0 Å². The molecule has 1 aliphatic heterocycles. The third-order valence-electron chi connectivity index (χ3n) is 5.69. The summed E-state index contributed by atoms with van der Waals surface area (Å²) in [5.41, 5.74) is 0.594. The number of hydrogen-bond acceptors (Lipinski definition) is 5. The lowest BCUT2D eigenvalue weighted by atomic mass is 10.1. The van der Waals surface area contributed by atoms with Gasteiger partial charge in [0, 0.05) is 30.0 Å². The van der Waals surface area contributed by atoms with Gasteiger partial charge in [-0.2, -0.15) is 5.10 Å². The van der Waals surface area contributed by atoms with E-state index in [4.69, 9.17) is 9.47 Å². The number of ether oxygens (including phenoxy) is 2. The van der Waals surface area contributed by atoms with Crippen LogP contribution in [0.15, 0.2) is 47.3 Å². The second-order valence-corrected chi connectivity index (χ2v) is 8.18. The average molecular weight is 405 g/mol. The first-order valence-electron chi connectivity index (χ1n) is 10.3. The average Bonchev–Trinajstić information content (AvgIpc) is 3.33. The Hall–Kier alpha value is -3.35. The van der Waals surface area contributed by atoms with E-state index in [0.717, 1.165) is 25.7 Å². The summed E-state index contributed by atoms with van der Waals surface area (Å²) in [6.45, 7) is 3.73. The van der Waals surface area contributed by atoms with Gasteiger partial charge >= 0.3 is 0 Å². The molecule has 7 heteroatoms. The fourth-order valence-corrected chi connectivity index (χ4v) is 4.20. The van der Waals surface area contributed by atoms with Gasteiger partial charge < -0.3 is 14.8 Å². The van der Waals surface area contributed by atoms with Gasteiger partial charge in [0.1, 0.15) is 0 Å². The fourth-order valence-electron chi connectivity index (χ4n) is 4.20. The van der Waals surface area contributed by atoms with Crippen LogP contribution in [-0.2, 0) is 0 Å². The molecule has 30 heavy (non-hydrogen) atoms. The monoisotopic (exact) mass is 405 g/mol. The van der Waals surface area contributed by atoms with Crippen molar-refractivity contribution in [3.8, 4) is 11.5 Å². The number of carbonyl (C=O) groups excluding carboxylic acids is 1.